The first-order valence-corrected chi connectivity index (χ1v) is 12.8. The van der Waals surface area contributed by atoms with E-state index in [1.165, 1.54) is 0 Å². The highest BCUT2D eigenvalue weighted by molar-refractivity contribution is 6.30. The van der Waals surface area contributed by atoms with Crippen molar-refractivity contribution in [1.82, 2.24) is 25.3 Å². The Morgan fingerprint density at radius 1 is 1.03 bits per heavy atom. The van der Waals surface area contributed by atoms with Crippen LogP contribution in [-0.2, 0) is 17.9 Å². The maximum absolute atomic E-state index is 13.1. The summed E-state index contributed by atoms with van der Waals surface area (Å²) in [6, 6.07) is 18.0. The van der Waals surface area contributed by atoms with Gasteiger partial charge in [-0.15, -0.1) is 0 Å². The Hall–Kier alpha value is -4.08. The van der Waals surface area contributed by atoms with Gasteiger partial charge < -0.3 is 15.2 Å². The molecule has 0 unspecified atom stereocenters. The van der Waals surface area contributed by atoms with E-state index in [9.17, 15) is 9.59 Å². The summed E-state index contributed by atoms with van der Waals surface area (Å²) in [5.74, 6) is 0.570. The number of carbonyl (C=O) groups is 2. The molecule has 0 aliphatic carbocycles. The molecule has 0 spiro atoms. The molecule has 5 rings (SSSR count). The van der Waals surface area contributed by atoms with Crippen molar-refractivity contribution in [3.8, 4) is 11.4 Å². The number of likely N-dealkylation sites (tertiary alicyclic amines) is 1. The molecule has 9 nitrogen and oxygen atoms in total. The molecule has 1 aliphatic heterocycles. The third-order valence-corrected chi connectivity index (χ3v) is 6.75. The minimum Gasteiger partial charge on any atom is -0.348 e. The minimum absolute atomic E-state index is 0.0834. The molecular formula is C28H27ClN6O3. The van der Waals surface area contributed by atoms with Gasteiger partial charge in [-0.3, -0.25) is 19.5 Å². The Morgan fingerprint density at radius 2 is 1.82 bits per heavy atom. The highest BCUT2D eigenvalue weighted by Gasteiger charge is 2.27. The SMILES string of the molecule is O=C(NCc1cccnc1)c1ccccc1NC(=O)C1CCN(Cc2nc(-c3ccc(Cl)cc3)no2)CC1. The molecule has 2 N–H and O–H groups in total. The zero-order valence-electron chi connectivity index (χ0n) is 20.6. The number of hydrogen-bond donors (Lipinski definition) is 2. The molecule has 2 aromatic heterocycles. The van der Waals surface area contributed by atoms with Crippen molar-refractivity contribution in [2.75, 3.05) is 18.4 Å². The lowest BCUT2D eigenvalue weighted by Gasteiger charge is -2.30. The second-order valence-corrected chi connectivity index (χ2v) is 9.58. The summed E-state index contributed by atoms with van der Waals surface area (Å²) in [5.41, 5.74) is 2.67. The van der Waals surface area contributed by atoms with Crippen molar-refractivity contribution in [2.45, 2.75) is 25.9 Å². The number of para-hydroxylation sites is 1. The minimum atomic E-state index is -0.253. The van der Waals surface area contributed by atoms with Crippen LogP contribution in [-0.4, -0.2) is 44.9 Å². The number of carbonyl (C=O) groups excluding carboxylic acids is 2. The average molecular weight is 531 g/mol. The molecule has 0 saturated carbocycles. The summed E-state index contributed by atoms with van der Waals surface area (Å²) in [4.78, 5) is 36.6. The van der Waals surface area contributed by atoms with E-state index in [4.69, 9.17) is 16.1 Å². The molecule has 4 aromatic rings. The lowest BCUT2D eigenvalue weighted by Crippen LogP contribution is -2.38. The van der Waals surface area contributed by atoms with Gasteiger partial charge in [-0.05, 0) is 74.0 Å². The largest absolute Gasteiger partial charge is 0.348 e. The van der Waals surface area contributed by atoms with E-state index >= 15 is 0 Å². The number of halogens is 1. The Bertz CT molecular complexity index is 1390. The van der Waals surface area contributed by atoms with E-state index < -0.39 is 0 Å². The monoisotopic (exact) mass is 530 g/mol. The van der Waals surface area contributed by atoms with Crippen LogP contribution >= 0.6 is 11.6 Å². The highest BCUT2D eigenvalue weighted by atomic mass is 35.5. The first-order chi connectivity index (χ1) is 18.5. The summed E-state index contributed by atoms with van der Waals surface area (Å²) >= 11 is 5.95. The highest BCUT2D eigenvalue weighted by Crippen LogP contribution is 2.24. The number of piperidine rings is 1. The van der Waals surface area contributed by atoms with Crippen LogP contribution in [0.15, 0.2) is 77.6 Å². The van der Waals surface area contributed by atoms with Crippen molar-refractivity contribution in [2.24, 2.45) is 5.92 Å². The number of hydrogen-bond acceptors (Lipinski definition) is 7. The van der Waals surface area contributed by atoms with Crippen LogP contribution in [0.2, 0.25) is 5.02 Å². The van der Waals surface area contributed by atoms with E-state index in [1.807, 2.05) is 24.3 Å². The van der Waals surface area contributed by atoms with Crippen LogP contribution in [0, 0.1) is 5.92 Å². The zero-order chi connectivity index (χ0) is 26.3. The number of nitrogens with one attached hydrogen (secondary N) is 2. The van der Waals surface area contributed by atoms with Crippen LogP contribution in [0.1, 0.15) is 34.7 Å². The number of amides is 2. The summed E-state index contributed by atoms with van der Waals surface area (Å²) in [5, 5.41) is 10.6. The third-order valence-electron chi connectivity index (χ3n) is 6.49. The Morgan fingerprint density at radius 3 is 2.58 bits per heavy atom. The van der Waals surface area contributed by atoms with Crippen LogP contribution in [0.5, 0.6) is 0 Å². The zero-order valence-corrected chi connectivity index (χ0v) is 21.4. The quantitative estimate of drug-likeness (QED) is 0.343. The fourth-order valence-electron chi connectivity index (χ4n) is 4.39. The van der Waals surface area contributed by atoms with Gasteiger partial charge in [-0.2, -0.15) is 4.98 Å². The van der Waals surface area contributed by atoms with Gasteiger partial charge >= 0.3 is 0 Å². The number of nitrogens with zero attached hydrogens (tertiary/aromatic N) is 4. The first kappa shape index (κ1) is 25.6. The molecule has 2 aromatic carbocycles. The molecular weight excluding hydrogens is 504 g/mol. The van der Waals surface area contributed by atoms with E-state index in [2.05, 4.69) is 30.7 Å². The fraction of sp³-hybridized carbons (Fsp3) is 0.250. The maximum Gasteiger partial charge on any atom is 0.253 e. The van der Waals surface area contributed by atoms with Crippen LogP contribution < -0.4 is 10.6 Å². The van der Waals surface area contributed by atoms with Crippen LogP contribution in [0.3, 0.4) is 0 Å². The second kappa shape index (κ2) is 12.0. The van der Waals surface area contributed by atoms with Gasteiger partial charge in [-0.25, -0.2) is 0 Å². The van der Waals surface area contributed by atoms with E-state index in [0.717, 1.165) is 24.2 Å². The van der Waals surface area contributed by atoms with Crippen molar-refractivity contribution in [3.63, 3.8) is 0 Å². The number of benzene rings is 2. The Kier molecular flexibility index (Phi) is 8.06. The smallest absolute Gasteiger partial charge is 0.253 e. The van der Waals surface area contributed by atoms with E-state index in [-0.39, 0.29) is 17.7 Å². The van der Waals surface area contributed by atoms with Crippen molar-refractivity contribution in [1.29, 1.82) is 0 Å². The summed E-state index contributed by atoms with van der Waals surface area (Å²) in [6.45, 7) is 2.33. The molecule has 0 radical (unpaired) electrons. The summed E-state index contributed by atoms with van der Waals surface area (Å²) in [7, 11) is 0. The fourth-order valence-corrected chi connectivity index (χ4v) is 4.51. The van der Waals surface area contributed by atoms with Gasteiger partial charge in [0.25, 0.3) is 5.91 Å². The molecule has 194 valence electrons. The molecule has 2 amide bonds. The molecule has 1 fully saturated rings. The maximum atomic E-state index is 13.1. The van der Waals surface area contributed by atoms with Crippen molar-refractivity contribution in [3.05, 3.63) is 95.1 Å². The first-order valence-electron chi connectivity index (χ1n) is 12.4. The Labute approximate surface area is 225 Å². The number of anilines is 1. The van der Waals surface area contributed by atoms with Gasteiger partial charge in [-0.1, -0.05) is 35.0 Å². The number of pyridine rings is 1. The molecule has 0 bridgehead atoms. The predicted molar refractivity (Wildman–Crippen MR) is 143 cm³/mol. The average Bonchev–Trinajstić information content (AvgIpc) is 3.42. The van der Waals surface area contributed by atoms with Crippen molar-refractivity contribution >= 4 is 29.1 Å². The molecule has 0 atom stereocenters. The predicted octanol–water partition coefficient (Wildman–Crippen LogP) is 4.57. The third kappa shape index (κ3) is 6.42. The molecule has 10 heteroatoms. The number of rotatable bonds is 8. The van der Waals surface area contributed by atoms with Crippen LogP contribution in [0.4, 0.5) is 5.69 Å². The van der Waals surface area contributed by atoms with Crippen molar-refractivity contribution < 1.29 is 14.1 Å². The van der Waals surface area contributed by atoms with E-state index in [1.54, 1.807) is 48.8 Å². The Balaban J connectivity index is 1.13. The second-order valence-electron chi connectivity index (χ2n) is 9.15. The van der Waals surface area contributed by atoms with Gasteiger partial charge in [0.2, 0.25) is 17.6 Å². The number of aromatic nitrogens is 3. The van der Waals surface area contributed by atoms with Gasteiger partial charge in [0.1, 0.15) is 0 Å². The molecule has 1 aliphatic rings. The van der Waals surface area contributed by atoms with Gasteiger partial charge in [0.15, 0.2) is 0 Å². The summed E-state index contributed by atoms with van der Waals surface area (Å²) < 4.78 is 5.43. The normalized spacial score (nSPS) is 14.2. The van der Waals surface area contributed by atoms with Crippen LogP contribution in [0.25, 0.3) is 11.4 Å². The molecule has 3 heterocycles. The molecule has 1 saturated heterocycles. The lowest BCUT2D eigenvalue weighted by atomic mass is 9.95. The summed E-state index contributed by atoms with van der Waals surface area (Å²) in [6.07, 6.45) is 4.78. The van der Waals surface area contributed by atoms with E-state index in [0.29, 0.717) is 53.9 Å². The molecule has 38 heavy (non-hydrogen) atoms. The van der Waals surface area contributed by atoms with Gasteiger partial charge in [0.05, 0.1) is 17.8 Å². The standard InChI is InChI=1S/C28H27ClN6O3/c29-22-9-7-20(8-10-22)26-33-25(38-34-26)18-35-14-11-21(12-15-35)27(36)32-24-6-2-1-5-23(24)28(37)31-17-19-4-3-13-30-16-19/h1-10,13,16,21H,11-12,14-15,17-18H2,(H,31,37)(H,32,36). The lowest BCUT2D eigenvalue weighted by molar-refractivity contribution is -0.121. The van der Waals surface area contributed by atoms with Gasteiger partial charge in [0, 0.05) is 35.4 Å². The topological polar surface area (TPSA) is 113 Å².